The molecule has 4 rings (SSSR count). The van der Waals surface area contributed by atoms with Crippen molar-refractivity contribution in [3.63, 3.8) is 0 Å². The SMILES string of the molecule is Cc1ccc(-c2c(-c3ccccc3)c(=O)oc3ccc(C)cc23)cc1. The maximum atomic E-state index is 12.8. The first kappa shape index (κ1) is 15.4. The minimum Gasteiger partial charge on any atom is -0.422 e. The number of hydrogen-bond donors (Lipinski definition) is 0. The van der Waals surface area contributed by atoms with Gasteiger partial charge in [0.25, 0.3) is 0 Å². The highest BCUT2D eigenvalue weighted by atomic mass is 16.4. The van der Waals surface area contributed by atoms with Crippen LogP contribution in [-0.4, -0.2) is 0 Å². The molecule has 0 fully saturated rings. The molecule has 0 aliphatic rings. The zero-order valence-corrected chi connectivity index (χ0v) is 14.2. The van der Waals surface area contributed by atoms with E-state index in [2.05, 4.69) is 37.3 Å². The fourth-order valence-corrected chi connectivity index (χ4v) is 3.20. The summed E-state index contributed by atoms with van der Waals surface area (Å²) in [7, 11) is 0. The number of rotatable bonds is 2. The highest BCUT2D eigenvalue weighted by Crippen LogP contribution is 2.36. The second-order valence-corrected chi connectivity index (χ2v) is 6.37. The molecule has 0 aliphatic heterocycles. The van der Waals surface area contributed by atoms with Gasteiger partial charge in [-0.3, -0.25) is 0 Å². The van der Waals surface area contributed by atoms with E-state index in [1.165, 1.54) is 5.56 Å². The Morgan fingerprint density at radius 3 is 2.04 bits per heavy atom. The van der Waals surface area contributed by atoms with Crippen LogP contribution in [0.2, 0.25) is 0 Å². The molecule has 1 heterocycles. The van der Waals surface area contributed by atoms with Gasteiger partial charge in [-0.05, 0) is 37.1 Å². The predicted molar refractivity (Wildman–Crippen MR) is 103 cm³/mol. The molecule has 0 saturated carbocycles. The molecular formula is C23H18O2. The molecule has 0 N–H and O–H groups in total. The molecule has 0 aliphatic carbocycles. The van der Waals surface area contributed by atoms with Gasteiger partial charge >= 0.3 is 5.63 Å². The van der Waals surface area contributed by atoms with E-state index >= 15 is 0 Å². The molecule has 0 radical (unpaired) electrons. The van der Waals surface area contributed by atoms with Gasteiger partial charge in [-0.25, -0.2) is 4.79 Å². The molecule has 0 amide bonds. The zero-order chi connectivity index (χ0) is 17.4. The van der Waals surface area contributed by atoms with E-state index in [9.17, 15) is 4.79 Å². The van der Waals surface area contributed by atoms with E-state index in [1.807, 2.05) is 49.4 Å². The van der Waals surface area contributed by atoms with E-state index in [1.54, 1.807) is 0 Å². The number of hydrogen-bond acceptors (Lipinski definition) is 2. The normalized spacial score (nSPS) is 11.0. The Morgan fingerprint density at radius 1 is 0.680 bits per heavy atom. The number of benzene rings is 3. The fraction of sp³-hybridized carbons (Fsp3) is 0.0870. The first-order valence-electron chi connectivity index (χ1n) is 8.33. The van der Waals surface area contributed by atoms with Crippen molar-refractivity contribution in [3.8, 4) is 22.3 Å². The van der Waals surface area contributed by atoms with Crippen molar-refractivity contribution in [1.29, 1.82) is 0 Å². The third-order valence-electron chi connectivity index (χ3n) is 4.46. The minimum absolute atomic E-state index is 0.307. The molecule has 1 aromatic heterocycles. The smallest absolute Gasteiger partial charge is 0.344 e. The Labute approximate surface area is 146 Å². The second kappa shape index (κ2) is 6.06. The van der Waals surface area contributed by atoms with Crippen LogP contribution in [0.25, 0.3) is 33.2 Å². The van der Waals surface area contributed by atoms with Gasteiger partial charge in [-0.2, -0.15) is 0 Å². The monoisotopic (exact) mass is 326 g/mol. The summed E-state index contributed by atoms with van der Waals surface area (Å²) in [4.78, 5) is 12.8. The predicted octanol–water partition coefficient (Wildman–Crippen LogP) is 5.74. The maximum absolute atomic E-state index is 12.8. The van der Waals surface area contributed by atoms with E-state index in [0.717, 1.165) is 27.6 Å². The van der Waals surface area contributed by atoms with Crippen LogP contribution in [0.15, 0.2) is 82.0 Å². The first-order valence-corrected chi connectivity index (χ1v) is 8.33. The largest absolute Gasteiger partial charge is 0.422 e. The lowest BCUT2D eigenvalue weighted by atomic mass is 9.92. The van der Waals surface area contributed by atoms with Crippen molar-refractivity contribution in [2.45, 2.75) is 13.8 Å². The maximum Gasteiger partial charge on any atom is 0.344 e. The molecule has 4 aromatic rings. The van der Waals surface area contributed by atoms with Crippen LogP contribution >= 0.6 is 0 Å². The van der Waals surface area contributed by atoms with Gasteiger partial charge in [-0.15, -0.1) is 0 Å². The van der Waals surface area contributed by atoms with Crippen molar-refractivity contribution < 1.29 is 4.42 Å². The quantitative estimate of drug-likeness (QED) is 0.439. The van der Waals surface area contributed by atoms with E-state index < -0.39 is 0 Å². The Balaban J connectivity index is 2.17. The van der Waals surface area contributed by atoms with E-state index in [-0.39, 0.29) is 5.63 Å². The van der Waals surface area contributed by atoms with Gasteiger partial charge in [0.05, 0.1) is 5.56 Å². The Hall–Kier alpha value is -3.13. The van der Waals surface area contributed by atoms with Crippen molar-refractivity contribution in [3.05, 3.63) is 94.3 Å². The third-order valence-corrected chi connectivity index (χ3v) is 4.46. The number of aryl methyl sites for hydroxylation is 2. The van der Waals surface area contributed by atoms with Crippen LogP contribution in [0.1, 0.15) is 11.1 Å². The Morgan fingerprint density at radius 2 is 1.32 bits per heavy atom. The summed E-state index contributed by atoms with van der Waals surface area (Å²) in [5.74, 6) is 0. The third kappa shape index (κ3) is 2.76. The molecule has 0 saturated heterocycles. The molecular weight excluding hydrogens is 308 g/mol. The van der Waals surface area contributed by atoms with Crippen molar-refractivity contribution in [2.24, 2.45) is 0 Å². The van der Waals surface area contributed by atoms with Crippen LogP contribution in [0, 0.1) is 13.8 Å². The number of fused-ring (bicyclic) bond motifs is 1. The topological polar surface area (TPSA) is 30.2 Å². The summed E-state index contributed by atoms with van der Waals surface area (Å²) in [5, 5.41) is 0.960. The Bertz CT molecular complexity index is 1100. The molecule has 25 heavy (non-hydrogen) atoms. The lowest BCUT2D eigenvalue weighted by molar-refractivity contribution is 0.564. The molecule has 3 aromatic carbocycles. The van der Waals surface area contributed by atoms with Crippen LogP contribution in [0.4, 0.5) is 0 Å². The van der Waals surface area contributed by atoms with Gasteiger partial charge in [0.2, 0.25) is 0 Å². The Kier molecular flexibility index (Phi) is 3.73. The van der Waals surface area contributed by atoms with Crippen molar-refractivity contribution >= 4 is 11.0 Å². The molecule has 0 bridgehead atoms. The van der Waals surface area contributed by atoms with Gasteiger partial charge < -0.3 is 4.42 Å². The summed E-state index contributed by atoms with van der Waals surface area (Å²) in [6, 6.07) is 23.9. The van der Waals surface area contributed by atoms with Gasteiger partial charge in [0.1, 0.15) is 5.58 Å². The molecule has 2 nitrogen and oxygen atoms in total. The molecule has 0 spiro atoms. The summed E-state index contributed by atoms with van der Waals surface area (Å²) in [6.45, 7) is 4.11. The summed E-state index contributed by atoms with van der Waals surface area (Å²) < 4.78 is 5.63. The van der Waals surface area contributed by atoms with Crippen molar-refractivity contribution in [1.82, 2.24) is 0 Å². The standard InChI is InChI=1S/C23H18O2/c1-15-8-11-18(12-9-15)21-19-14-16(2)10-13-20(19)25-23(24)22(21)17-6-4-3-5-7-17/h3-14H,1-2H3. The van der Waals surface area contributed by atoms with E-state index in [4.69, 9.17) is 4.42 Å². The summed E-state index contributed by atoms with van der Waals surface area (Å²) in [5.41, 5.74) is 6.07. The second-order valence-electron chi connectivity index (χ2n) is 6.37. The van der Waals surface area contributed by atoms with Crippen LogP contribution in [-0.2, 0) is 0 Å². The highest BCUT2D eigenvalue weighted by Gasteiger charge is 2.17. The van der Waals surface area contributed by atoms with Gasteiger partial charge in [0.15, 0.2) is 0 Å². The lowest BCUT2D eigenvalue weighted by Gasteiger charge is -2.13. The minimum atomic E-state index is -0.307. The summed E-state index contributed by atoms with van der Waals surface area (Å²) >= 11 is 0. The highest BCUT2D eigenvalue weighted by molar-refractivity contribution is 6.01. The zero-order valence-electron chi connectivity index (χ0n) is 14.2. The molecule has 122 valence electrons. The molecule has 2 heteroatoms. The summed E-state index contributed by atoms with van der Waals surface area (Å²) in [6.07, 6.45) is 0. The molecule has 0 atom stereocenters. The van der Waals surface area contributed by atoms with Crippen LogP contribution in [0.3, 0.4) is 0 Å². The average molecular weight is 326 g/mol. The van der Waals surface area contributed by atoms with Crippen molar-refractivity contribution in [2.75, 3.05) is 0 Å². The fourth-order valence-electron chi connectivity index (χ4n) is 3.20. The van der Waals surface area contributed by atoms with Crippen LogP contribution in [0.5, 0.6) is 0 Å². The molecule has 0 unspecified atom stereocenters. The average Bonchev–Trinajstić information content (AvgIpc) is 2.63. The van der Waals surface area contributed by atoms with Gasteiger partial charge in [-0.1, -0.05) is 71.8 Å². The first-order chi connectivity index (χ1) is 12.1. The van der Waals surface area contributed by atoms with Crippen LogP contribution < -0.4 is 5.63 Å². The lowest BCUT2D eigenvalue weighted by Crippen LogP contribution is -2.06. The van der Waals surface area contributed by atoms with Gasteiger partial charge in [0, 0.05) is 10.9 Å². The van der Waals surface area contributed by atoms with E-state index in [0.29, 0.717) is 11.1 Å².